The summed E-state index contributed by atoms with van der Waals surface area (Å²) in [5.74, 6) is 1.40. The second kappa shape index (κ2) is 3.28. The Balaban J connectivity index is 2.42. The Morgan fingerprint density at radius 3 is 2.93 bits per heavy atom. The van der Waals surface area contributed by atoms with Crippen molar-refractivity contribution >= 4 is 0 Å². The molecule has 0 bridgehead atoms. The molecule has 1 heterocycles. The summed E-state index contributed by atoms with van der Waals surface area (Å²) in [7, 11) is 0. The first-order chi connectivity index (χ1) is 6.68. The predicted molar refractivity (Wildman–Crippen MR) is 57.3 cm³/mol. The van der Waals surface area contributed by atoms with Crippen molar-refractivity contribution in [2.24, 2.45) is 11.7 Å². The summed E-state index contributed by atoms with van der Waals surface area (Å²) < 4.78 is 5.61. The van der Waals surface area contributed by atoms with E-state index in [2.05, 4.69) is 19.9 Å². The third-order valence-electron chi connectivity index (χ3n) is 3.35. The number of fused-ring (bicyclic) bond motifs is 1. The Morgan fingerprint density at radius 1 is 1.50 bits per heavy atom. The first-order valence-corrected chi connectivity index (χ1v) is 5.19. The molecule has 0 spiro atoms. The smallest absolute Gasteiger partial charge is 0.124 e. The highest BCUT2D eigenvalue weighted by atomic mass is 16.5. The molecule has 14 heavy (non-hydrogen) atoms. The molecule has 0 amide bonds. The molecule has 1 aromatic carbocycles. The molecule has 0 aromatic heterocycles. The van der Waals surface area contributed by atoms with Gasteiger partial charge in [-0.2, -0.15) is 0 Å². The van der Waals surface area contributed by atoms with Crippen LogP contribution >= 0.6 is 0 Å². The molecule has 1 aromatic rings. The first-order valence-electron chi connectivity index (χ1n) is 5.19. The van der Waals surface area contributed by atoms with Crippen LogP contribution in [0.3, 0.4) is 0 Å². The minimum atomic E-state index is -0.286. The highest BCUT2D eigenvalue weighted by Crippen LogP contribution is 2.40. The van der Waals surface area contributed by atoms with Crippen molar-refractivity contribution in [2.75, 3.05) is 6.61 Å². The molecule has 2 unspecified atom stereocenters. The van der Waals surface area contributed by atoms with Crippen molar-refractivity contribution in [3.63, 3.8) is 0 Å². The standard InChI is InChI=1S/C12H17NO/c1-3-9(2)12(13)8-14-11-7-5-4-6-10(11)12/h4-7,9H,3,8,13H2,1-2H3. The molecular formula is C12H17NO. The summed E-state index contributed by atoms with van der Waals surface area (Å²) in [6.07, 6.45) is 1.08. The molecule has 2 N–H and O–H groups in total. The maximum absolute atomic E-state index is 6.40. The van der Waals surface area contributed by atoms with Crippen LogP contribution in [-0.4, -0.2) is 6.61 Å². The van der Waals surface area contributed by atoms with Gasteiger partial charge >= 0.3 is 0 Å². The lowest BCUT2D eigenvalue weighted by Crippen LogP contribution is -2.44. The van der Waals surface area contributed by atoms with Crippen LogP contribution < -0.4 is 10.5 Å². The second-order valence-corrected chi connectivity index (χ2v) is 4.13. The molecule has 0 fully saturated rings. The zero-order valence-electron chi connectivity index (χ0n) is 8.79. The Kier molecular flexibility index (Phi) is 2.23. The first kappa shape index (κ1) is 9.53. The number of nitrogens with two attached hydrogens (primary N) is 1. The summed E-state index contributed by atoms with van der Waals surface area (Å²) >= 11 is 0. The molecule has 1 aliphatic rings. The molecule has 0 aliphatic carbocycles. The molecule has 1 aliphatic heterocycles. The minimum Gasteiger partial charge on any atom is -0.491 e. The lowest BCUT2D eigenvalue weighted by Gasteiger charge is -2.29. The molecular weight excluding hydrogens is 174 g/mol. The van der Waals surface area contributed by atoms with Crippen LogP contribution in [0.25, 0.3) is 0 Å². The quantitative estimate of drug-likeness (QED) is 0.778. The van der Waals surface area contributed by atoms with Gasteiger partial charge in [0, 0.05) is 5.56 Å². The summed E-state index contributed by atoms with van der Waals surface area (Å²) in [6.45, 7) is 4.97. The van der Waals surface area contributed by atoms with Crippen LogP contribution in [0.2, 0.25) is 0 Å². The van der Waals surface area contributed by atoms with Gasteiger partial charge in [-0.15, -0.1) is 0 Å². The third kappa shape index (κ3) is 1.22. The Hall–Kier alpha value is -1.02. The van der Waals surface area contributed by atoms with E-state index < -0.39 is 0 Å². The van der Waals surface area contributed by atoms with E-state index >= 15 is 0 Å². The lowest BCUT2D eigenvalue weighted by molar-refractivity contribution is 0.205. The molecule has 2 rings (SSSR count). The van der Waals surface area contributed by atoms with Crippen LogP contribution in [0.15, 0.2) is 24.3 Å². The fourth-order valence-electron chi connectivity index (χ4n) is 2.02. The molecule has 0 saturated carbocycles. The maximum atomic E-state index is 6.40. The van der Waals surface area contributed by atoms with Gasteiger partial charge in [-0.25, -0.2) is 0 Å². The zero-order chi connectivity index (χ0) is 10.2. The second-order valence-electron chi connectivity index (χ2n) is 4.13. The highest BCUT2D eigenvalue weighted by molar-refractivity contribution is 5.43. The maximum Gasteiger partial charge on any atom is 0.124 e. The summed E-state index contributed by atoms with van der Waals surface area (Å²) in [5.41, 5.74) is 7.27. The number of hydrogen-bond donors (Lipinski definition) is 1. The van der Waals surface area contributed by atoms with Gasteiger partial charge in [0.2, 0.25) is 0 Å². The van der Waals surface area contributed by atoms with Crippen molar-refractivity contribution in [1.29, 1.82) is 0 Å². The van der Waals surface area contributed by atoms with E-state index in [0.29, 0.717) is 12.5 Å². The van der Waals surface area contributed by atoms with Crippen molar-refractivity contribution in [1.82, 2.24) is 0 Å². The molecule has 0 radical (unpaired) electrons. The molecule has 2 atom stereocenters. The fourth-order valence-corrected chi connectivity index (χ4v) is 2.02. The normalized spacial score (nSPS) is 26.8. The fraction of sp³-hybridized carbons (Fsp3) is 0.500. The van der Waals surface area contributed by atoms with Crippen LogP contribution in [0, 0.1) is 5.92 Å². The summed E-state index contributed by atoms with van der Waals surface area (Å²) in [4.78, 5) is 0. The van der Waals surface area contributed by atoms with E-state index in [4.69, 9.17) is 10.5 Å². The van der Waals surface area contributed by atoms with Crippen molar-refractivity contribution in [3.05, 3.63) is 29.8 Å². The van der Waals surface area contributed by atoms with Crippen LogP contribution in [0.4, 0.5) is 0 Å². The lowest BCUT2D eigenvalue weighted by atomic mass is 9.80. The summed E-state index contributed by atoms with van der Waals surface area (Å²) in [6, 6.07) is 8.08. The number of rotatable bonds is 2. The average Bonchev–Trinajstić information content (AvgIpc) is 2.58. The SMILES string of the molecule is CCC(C)C1(N)COc2ccccc21. The van der Waals surface area contributed by atoms with Crippen molar-refractivity contribution in [2.45, 2.75) is 25.8 Å². The number of ether oxygens (including phenoxy) is 1. The largest absolute Gasteiger partial charge is 0.491 e. The Morgan fingerprint density at radius 2 is 2.21 bits per heavy atom. The van der Waals surface area contributed by atoms with Gasteiger partial charge in [0.05, 0.1) is 5.54 Å². The average molecular weight is 191 g/mol. The van der Waals surface area contributed by atoms with Crippen LogP contribution in [-0.2, 0) is 5.54 Å². The Labute approximate surface area is 85.1 Å². The van der Waals surface area contributed by atoms with Gasteiger partial charge in [-0.3, -0.25) is 0 Å². The van der Waals surface area contributed by atoms with Gasteiger partial charge < -0.3 is 10.5 Å². The van der Waals surface area contributed by atoms with Crippen molar-refractivity contribution in [3.8, 4) is 5.75 Å². The zero-order valence-corrected chi connectivity index (χ0v) is 8.79. The van der Waals surface area contributed by atoms with Crippen LogP contribution in [0.5, 0.6) is 5.75 Å². The van der Waals surface area contributed by atoms with Gasteiger partial charge in [0.1, 0.15) is 12.4 Å². The van der Waals surface area contributed by atoms with E-state index in [1.165, 1.54) is 0 Å². The van der Waals surface area contributed by atoms with Gasteiger partial charge in [0.25, 0.3) is 0 Å². The van der Waals surface area contributed by atoms with Crippen LogP contribution in [0.1, 0.15) is 25.8 Å². The van der Waals surface area contributed by atoms with E-state index in [0.717, 1.165) is 17.7 Å². The highest BCUT2D eigenvalue weighted by Gasteiger charge is 2.40. The van der Waals surface area contributed by atoms with E-state index in [1.807, 2.05) is 18.2 Å². The topological polar surface area (TPSA) is 35.2 Å². The summed E-state index contributed by atoms with van der Waals surface area (Å²) in [5, 5.41) is 0. The van der Waals surface area contributed by atoms with E-state index in [9.17, 15) is 0 Å². The molecule has 2 heteroatoms. The van der Waals surface area contributed by atoms with Gasteiger partial charge in [-0.05, 0) is 12.0 Å². The molecule has 0 saturated heterocycles. The monoisotopic (exact) mass is 191 g/mol. The van der Waals surface area contributed by atoms with Crippen molar-refractivity contribution < 1.29 is 4.74 Å². The minimum absolute atomic E-state index is 0.286. The van der Waals surface area contributed by atoms with Gasteiger partial charge in [-0.1, -0.05) is 38.5 Å². The van der Waals surface area contributed by atoms with E-state index in [1.54, 1.807) is 0 Å². The predicted octanol–water partition coefficient (Wildman–Crippen LogP) is 2.28. The number of hydrogen-bond acceptors (Lipinski definition) is 2. The molecule has 76 valence electrons. The molecule has 2 nitrogen and oxygen atoms in total. The number of benzene rings is 1. The van der Waals surface area contributed by atoms with E-state index in [-0.39, 0.29) is 5.54 Å². The Bertz CT molecular complexity index is 337. The third-order valence-corrected chi connectivity index (χ3v) is 3.35. The number of para-hydroxylation sites is 1. The van der Waals surface area contributed by atoms with Gasteiger partial charge in [0.15, 0.2) is 0 Å².